The van der Waals surface area contributed by atoms with Gasteiger partial charge in [-0.15, -0.1) is 0 Å². The predicted molar refractivity (Wildman–Crippen MR) is 96.2 cm³/mol. The maximum absolute atomic E-state index is 12.3. The molecule has 1 aliphatic rings. The Morgan fingerprint density at radius 3 is 2.68 bits per heavy atom. The van der Waals surface area contributed by atoms with Crippen LogP contribution in [0.25, 0.3) is 10.9 Å². The lowest BCUT2D eigenvalue weighted by atomic mass is 10.00. The Balaban J connectivity index is 1.99. The van der Waals surface area contributed by atoms with E-state index in [4.69, 9.17) is 11.6 Å². The largest absolute Gasteiger partial charge is 0.465 e. The number of ketones is 1. The molecule has 0 saturated carbocycles. The zero-order chi connectivity index (χ0) is 18.2. The van der Waals surface area contributed by atoms with Gasteiger partial charge in [0.05, 0.1) is 12.1 Å². The Labute approximate surface area is 150 Å². The van der Waals surface area contributed by atoms with Gasteiger partial charge < -0.3 is 10.0 Å². The van der Waals surface area contributed by atoms with Gasteiger partial charge in [0, 0.05) is 23.5 Å². The summed E-state index contributed by atoms with van der Waals surface area (Å²) in [6, 6.07) is 9.23. The lowest BCUT2D eigenvalue weighted by Gasteiger charge is -2.48. The molecule has 0 spiro atoms. The van der Waals surface area contributed by atoms with Gasteiger partial charge in [-0.05, 0) is 38.2 Å². The van der Waals surface area contributed by atoms with Crippen LogP contribution in [0.4, 0.5) is 10.6 Å². The molecule has 1 fully saturated rings. The quantitative estimate of drug-likeness (QED) is 0.870. The maximum Gasteiger partial charge on any atom is 0.409 e. The molecule has 1 saturated heterocycles. The number of halogens is 1. The van der Waals surface area contributed by atoms with E-state index in [9.17, 15) is 14.7 Å². The van der Waals surface area contributed by atoms with Gasteiger partial charge in [-0.1, -0.05) is 17.7 Å². The zero-order valence-corrected chi connectivity index (χ0v) is 14.7. The van der Waals surface area contributed by atoms with Crippen LogP contribution in [-0.4, -0.2) is 59.2 Å². The van der Waals surface area contributed by atoms with Gasteiger partial charge in [-0.3, -0.25) is 15.0 Å². The number of hydrogen-bond acceptors (Lipinski definition) is 5. The number of nitrogens with zero attached hydrogens (tertiary/aromatic N) is 3. The minimum atomic E-state index is -1.30. The van der Waals surface area contributed by atoms with Crippen molar-refractivity contribution in [2.75, 3.05) is 31.6 Å². The lowest BCUT2D eigenvalue weighted by Crippen LogP contribution is -2.73. The van der Waals surface area contributed by atoms with Gasteiger partial charge in [0.2, 0.25) is 0 Å². The van der Waals surface area contributed by atoms with Crippen molar-refractivity contribution in [3.05, 3.63) is 35.4 Å². The van der Waals surface area contributed by atoms with Crippen LogP contribution in [0, 0.1) is 0 Å². The third-order valence-corrected chi connectivity index (χ3v) is 5.02. The number of likely N-dealkylation sites (N-methyl/N-ethyl adjacent to an activating group) is 1. The number of pyridine rings is 1. The molecule has 1 unspecified atom stereocenters. The molecule has 1 atom stereocenters. The first-order chi connectivity index (χ1) is 11.9. The third kappa shape index (κ3) is 2.89. The highest BCUT2D eigenvalue weighted by atomic mass is 35.5. The molecule has 1 amide bonds. The highest BCUT2D eigenvalue weighted by molar-refractivity contribution is 6.35. The number of anilines is 1. The zero-order valence-electron chi connectivity index (χ0n) is 14.0. The van der Waals surface area contributed by atoms with Crippen molar-refractivity contribution in [1.29, 1.82) is 0 Å². The monoisotopic (exact) mass is 362 g/mol. The van der Waals surface area contributed by atoms with Gasteiger partial charge in [-0.25, -0.2) is 9.78 Å². The van der Waals surface area contributed by atoms with E-state index in [2.05, 4.69) is 10.3 Å². The third-order valence-electron chi connectivity index (χ3n) is 4.69. The average molecular weight is 363 g/mol. The Morgan fingerprint density at radius 1 is 1.28 bits per heavy atom. The van der Waals surface area contributed by atoms with Crippen LogP contribution in [0.15, 0.2) is 30.3 Å². The SMILES string of the molecule is CNC1(C(C)=O)CN(c2ccc3c(Cl)cccc3n2)CCN1C(=O)O. The van der Waals surface area contributed by atoms with Gasteiger partial charge in [0.1, 0.15) is 5.82 Å². The molecule has 132 valence electrons. The summed E-state index contributed by atoms with van der Waals surface area (Å²) < 4.78 is 0. The second-order valence-corrected chi connectivity index (χ2v) is 6.41. The first kappa shape index (κ1) is 17.4. The minimum Gasteiger partial charge on any atom is -0.465 e. The normalized spacial score (nSPS) is 20.8. The fourth-order valence-electron chi connectivity index (χ4n) is 3.28. The van der Waals surface area contributed by atoms with Crippen molar-refractivity contribution < 1.29 is 14.7 Å². The van der Waals surface area contributed by atoms with Gasteiger partial charge >= 0.3 is 6.09 Å². The van der Waals surface area contributed by atoms with Crippen molar-refractivity contribution in [3.8, 4) is 0 Å². The maximum atomic E-state index is 12.3. The fourth-order valence-corrected chi connectivity index (χ4v) is 3.51. The average Bonchev–Trinajstić information content (AvgIpc) is 2.60. The number of amides is 1. The van der Waals surface area contributed by atoms with Crippen LogP contribution in [0.2, 0.25) is 5.02 Å². The van der Waals surface area contributed by atoms with Crippen LogP contribution < -0.4 is 10.2 Å². The van der Waals surface area contributed by atoms with E-state index in [1.807, 2.05) is 29.2 Å². The molecule has 0 radical (unpaired) electrons. The Morgan fingerprint density at radius 2 is 2.04 bits per heavy atom. The molecule has 0 bridgehead atoms. The molecule has 3 rings (SSSR count). The van der Waals surface area contributed by atoms with Crippen LogP contribution in [0.5, 0.6) is 0 Å². The number of Topliss-reactive ketones (excluding diaryl/α,β-unsaturated/α-hetero) is 1. The van der Waals surface area contributed by atoms with Crippen LogP contribution in [0.1, 0.15) is 6.92 Å². The van der Waals surface area contributed by atoms with Crippen molar-refractivity contribution in [3.63, 3.8) is 0 Å². The number of benzene rings is 1. The Kier molecular flexibility index (Phi) is 4.53. The summed E-state index contributed by atoms with van der Waals surface area (Å²) in [5, 5.41) is 13.8. The first-order valence-corrected chi connectivity index (χ1v) is 8.27. The van der Waals surface area contributed by atoms with E-state index in [0.29, 0.717) is 17.4 Å². The molecular weight excluding hydrogens is 344 g/mol. The van der Waals surface area contributed by atoms with Crippen LogP contribution >= 0.6 is 11.6 Å². The summed E-state index contributed by atoms with van der Waals surface area (Å²) in [5.41, 5.74) is -0.543. The molecule has 7 nitrogen and oxygen atoms in total. The minimum absolute atomic E-state index is 0.185. The summed E-state index contributed by atoms with van der Waals surface area (Å²) in [5.74, 6) is 0.423. The molecular formula is C17H19ClN4O3. The molecule has 2 aromatic rings. The van der Waals surface area contributed by atoms with Gasteiger partial charge in [-0.2, -0.15) is 0 Å². The summed E-state index contributed by atoms with van der Waals surface area (Å²) in [4.78, 5) is 31.5. The molecule has 0 aliphatic carbocycles. The highest BCUT2D eigenvalue weighted by Crippen LogP contribution is 2.28. The van der Waals surface area contributed by atoms with Crippen LogP contribution in [0.3, 0.4) is 0 Å². The van der Waals surface area contributed by atoms with Crippen molar-refractivity contribution in [2.24, 2.45) is 0 Å². The van der Waals surface area contributed by atoms with E-state index in [1.54, 1.807) is 13.1 Å². The molecule has 1 aromatic heterocycles. The molecule has 25 heavy (non-hydrogen) atoms. The number of fused-ring (bicyclic) bond motifs is 1. The number of rotatable bonds is 3. The Bertz CT molecular complexity index is 844. The van der Waals surface area contributed by atoms with E-state index >= 15 is 0 Å². The number of nitrogens with one attached hydrogen (secondary N) is 1. The fraction of sp³-hybridized carbons (Fsp3) is 0.353. The van der Waals surface area contributed by atoms with Crippen molar-refractivity contribution >= 4 is 40.2 Å². The number of carbonyl (C=O) groups excluding carboxylic acids is 1. The van der Waals surface area contributed by atoms with Crippen molar-refractivity contribution in [1.82, 2.24) is 15.2 Å². The van der Waals surface area contributed by atoms with E-state index < -0.39 is 11.8 Å². The second-order valence-electron chi connectivity index (χ2n) is 6.00. The van der Waals surface area contributed by atoms with E-state index in [-0.39, 0.29) is 18.9 Å². The highest BCUT2D eigenvalue weighted by Gasteiger charge is 2.47. The van der Waals surface area contributed by atoms with Gasteiger partial charge in [0.25, 0.3) is 0 Å². The van der Waals surface area contributed by atoms with Crippen molar-refractivity contribution in [2.45, 2.75) is 12.6 Å². The number of carbonyl (C=O) groups is 2. The Hall–Kier alpha value is -2.38. The number of aromatic nitrogens is 1. The van der Waals surface area contributed by atoms with Gasteiger partial charge in [0.15, 0.2) is 11.4 Å². The smallest absolute Gasteiger partial charge is 0.409 e. The topological polar surface area (TPSA) is 85.8 Å². The standard InChI is InChI=1S/C17H19ClN4O3/c1-11(23)17(19-2)10-21(8-9-22(17)16(24)25)15-7-6-12-13(18)4-3-5-14(12)20-15/h3-7,19H,8-10H2,1-2H3,(H,24,25). The molecule has 2 heterocycles. The first-order valence-electron chi connectivity index (χ1n) is 7.90. The number of piperazine rings is 1. The number of hydrogen-bond donors (Lipinski definition) is 2. The summed E-state index contributed by atoms with van der Waals surface area (Å²) >= 11 is 6.18. The summed E-state index contributed by atoms with van der Waals surface area (Å²) in [7, 11) is 1.59. The summed E-state index contributed by atoms with van der Waals surface area (Å²) in [6.45, 7) is 2.22. The molecule has 1 aliphatic heterocycles. The lowest BCUT2D eigenvalue weighted by molar-refractivity contribution is -0.130. The molecule has 1 aromatic carbocycles. The van der Waals surface area contributed by atoms with Crippen LogP contribution in [-0.2, 0) is 4.79 Å². The molecule has 8 heteroatoms. The molecule has 2 N–H and O–H groups in total. The number of carboxylic acid groups (broad SMARTS) is 1. The second kappa shape index (κ2) is 6.50. The summed E-state index contributed by atoms with van der Waals surface area (Å²) in [6.07, 6.45) is -1.12. The van der Waals surface area contributed by atoms with E-state index in [1.165, 1.54) is 6.92 Å². The van der Waals surface area contributed by atoms with E-state index in [0.717, 1.165) is 15.8 Å². The predicted octanol–water partition coefficient (Wildman–Crippen LogP) is 2.19.